The summed E-state index contributed by atoms with van der Waals surface area (Å²) in [6.07, 6.45) is 3.74. The molecule has 0 aliphatic rings. The number of carbonyl (C=O) groups excluding carboxylic acids is 6. The molecule has 0 fully saturated rings. The molecule has 0 atom stereocenters. The van der Waals surface area contributed by atoms with Gasteiger partial charge >= 0.3 is 17.1 Å². The molecule has 0 rings (SSSR count). The maximum atomic E-state index is 10.8. The third-order valence-electron chi connectivity index (χ3n) is 3.76. The molecule has 0 heterocycles. The normalized spacial score (nSPS) is 9.24. The molecule has 0 saturated heterocycles. The number of hydrogen-bond donors (Lipinski definition) is 3. The molecule has 13 heteroatoms. The minimum atomic E-state index is -0.361. The third-order valence-corrected chi connectivity index (χ3v) is 3.76. The summed E-state index contributed by atoms with van der Waals surface area (Å²) in [4.78, 5) is 63.6. The van der Waals surface area contributed by atoms with Crippen LogP contribution in [0.2, 0.25) is 0 Å². The van der Waals surface area contributed by atoms with Crippen molar-refractivity contribution >= 4 is 35.1 Å². The van der Waals surface area contributed by atoms with Gasteiger partial charge in [0.05, 0.1) is 17.7 Å². The second kappa shape index (κ2) is 31.8. The van der Waals surface area contributed by atoms with Crippen molar-refractivity contribution in [1.82, 2.24) is 0 Å². The van der Waals surface area contributed by atoms with Crippen LogP contribution in [0.4, 0.5) is 0 Å². The summed E-state index contributed by atoms with van der Waals surface area (Å²) in [5.74, 6) is -1.57. The van der Waals surface area contributed by atoms with Crippen molar-refractivity contribution in [3.63, 3.8) is 0 Å². The van der Waals surface area contributed by atoms with E-state index in [4.69, 9.17) is 15.3 Å². The first kappa shape index (κ1) is 41.9. The molecule has 0 saturated carbocycles. The van der Waals surface area contributed by atoms with Crippen molar-refractivity contribution < 1.29 is 61.2 Å². The summed E-state index contributed by atoms with van der Waals surface area (Å²) < 4.78 is 0. The largest absolute Gasteiger partial charge is 3.00 e. The van der Waals surface area contributed by atoms with Gasteiger partial charge in [0.15, 0.2) is 0 Å². The Hall–Kier alpha value is -2.18. The molecular formula is C24H42FeN3O9. The number of hydrogen-bond acceptors (Lipinski definition) is 9. The smallest absolute Gasteiger partial charge is 0.653 e. The van der Waals surface area contributed by atoms with Gasteiger partial charge in [-0.2, -0.15) is 0 Å². The zero-order valence-corrected chi connectivity index (χ0v) is 23.2. The average molecular weight is 572 g/mol. The first-order valence-electron chi connectivity index (χ1n) is 11.9. The number of aliphatic hydroxyl groups is 3. The van der Waals surface area contributed by atoms with Crippen LogP contribution in [0.25, 0.3) is 16.0 Å². The van der Waals surface area contributed by atoms with E-state index in [0.717, 1.165) is 0 Å². The fourth-order valence-corrected chi connectivity index (χ4v) is 2.09. The number of nitrogens with zero attached hydrogens (tertiary/aromatic N) is 3. The van der Waals surface area contributed by atoms with E-state index < -0.39 is 0 Å². The van der Waals surface area contributed by atoms with Crippen LogP contribution in [0.5, 0.6) is 0 Å². The summed E-state index contributed by atoms with van der Waals surface area (Å²) in [5, 5.41) is 36.1. The number of rotatable bonds is 18. The monoisotopic (exact) mass is 572 g/mol. The van der Waals surface area contributed by atoms with E-state index in [1.807, 2.05) is 0 Å². The van der Waals surface area contributed by atoms with Crippen LogP contribution in [0.1, 0.15) is 78.6 Å². The second-order valence-electron chi connectivity index (χ2n) is 7.75. The van der Waals surface area contributed by atoms with Gasteiger partial charge in [-0.25, -0.2) is 0 Å². The van der Waals surface area contributed by atoms with E-state index in [9.17, 15) is 28.8 Å². The minimum Gasteiger partial charge on any atom is -0.653 e. The van der Waals surface area contributed by atoms with Gasteiger partial charge in [0.1, 0.15) is 17.3 Å². The Bertz CT molecular complexity index is 561. The van der Waals surface area contributed by atoms with E-state index in [1.165, 1.54) is 20.8 Å². The van der Waals surface area contributed by atoms with Crippen LogP contribution in [-0.2, 0) is 45.8 Å². The molecule has 1 radical (unpaired) electrons. The number of carbonyl (C=O) groups is 6. The second-order valence-corrected chi connectivity index (χ2v) is 7.75. The van der Waals surface area contributed by atoms with Crippen LogP contribution in [0.3, 0.4) is 0 Å². The molecule has 0 aromatic heterocycles. The zero-order chi connectivity index (χ0) is 28.2. The first-order valence-corrected chi connectivity index (χ1v) is 11.9. The van der Waals surface area contributed by atoms with Gasteiger partial charge in [-0.05, 0) is 40.0 Å². The van der Waals surface area contributed by atoms with Gasteiger partial charge < -0.3 is 45.7 Å². The Kier molecular flexibility index (Phi) is 36.1. The van der Waals surface area contributed by atoms with Gasteiger partial charge in [0, 0.05) is 39.1 Å². The molecule has 37 heavy (non-hydrogen) atoms. The van der Waals surface area contributed by atoms with E-state index in [0.29, 0.717) is 58.2 Å². The summed E-state index contributed by atoms with van der Waals surface area (Å²) in [6, 6.07) is 0. The van der Waals surface area contributed by atoms with Crippen molar-refractivity contribution in [2.45, 2.75) is 78.6 Å². The molecule has 0 aromatic rings. The number of ketones is 3. The van der Waals surface area contributed by atoms with Crippen LogP contribution >= 0.6 is 0 Å². The standard InChI is InChI=1S/3C8H15NO3.Fe/c3*1-7(11)6-8(12)9-4-2-3-5-10;/h3*10H,2-6H2,1H3,(H,9,12);/q;;;+3/p-3. The van der Waals surface area contributed by atoms with E-state index in [-0.39, 0.29) is 91.2 Å². The Morgan fingerprint density at radius 3 is 0.838 bits per heavy atom. The van der Waals surface area contributed by atoms with E-state index in [2.05, 4.69) is 16.0 Å². The molecule has 3 N–H and O–H groups in total. The van der Waals surface area contributed by atoms with Crippen molar-refractivity contribution in [2.75, 3.05) is 39.5 Å². The quantitative estimate of drug-likeness (QED) is 0.124. The molecule has 3 amide bonds. The maximum absolute atomic E-state index is 10.8. The van der Waals surface area contributed by atoms with Gasteiger partial charge in [-0.15, -0.1) is 19.6 Å². The maximum Gasteiger partial charge on any atom is 3.00 e. The van der Waals surface area contributed by atoms with Gasteiger partial charge in [-0.1, -0.05) is 19.3 Å². The van der Waals surface area contributed by atoms with E-state index in [1.54, 1.807) is 0 Å². The van der Waals surface area contributed by atoms with Crippen LogP contribution in [0.15, 0.2) is 0 Å². The Morgan fingerprint density at radius 1 is 0.459 bits per heavy atom. The van der Waals surface area contributed by atoms with Gasteiger partial charge in [0.25, 0.3) is 0 Å². The molecule has 0 bridgehead atoms. The third kappa shape index (κ3) is 44.2. The Morgan fingerprint density at radius 2 is 0.676 bits per heavy atom. The fraction of sp³-hybridized carbons (Fsp3) is 0.750. The average Bonchev–Trinajstić information content (AvgIpc) is 2.77. The molecule has 0 aliphatic carbocycles. The number of amides is 3. The SMILES string of the molecule is CC(=O)CC(=O)[N-]CCCCO.CC(=O)CC(=O)[N-]CCCCO.CC(=O)CC(=O)[N-]CCCCO.[Fe+3]. The van der Waals surface area contributed by atoms with Crippen molar-refractivity contribution in [3.8, 4) is 0 Å². The predicted octanol–water partition coefficient (Wildman–Crippen LogP) is 1.91. The predicted molar refractivity (Wildman–Crippen MR) is 135 cm³/mol. The molecule has 0 aromatic carbocycles. The molecule has 0 spiro atoms. The zero-order valence-electron chi connectivity index (χ0n) is 22.1. The Labute approximate surface area is 230 Å². The van der Waals surface area contributed by atoms with Crippen molar-refractivity contribution in [1.29, 1.82) is 0 Å². The fourth-order valence-electron chi connectivity index (χ4n) is 2.09. The van der Waals surface area contributed by atoms with Crippen molar-refractivity contribution in [3.05, 3.63) is 16.0 Å². The topological polar surface area (TPSA) is 205 Å². The summed E-state index contributed by atoms with van der Waals surface area (Å²) >= 11 is 0. The summed E-state index contributed by atoms with van der Waals surface area (Å²) in [7, 11) is 0. The summed E-state index contributed by atoms with van der Waals surface area (Å²) in [6.45, 7) is 5.68. The van der Waals surface area contributed by atoms with Gasteiger partial charge in [-0.3, -0.25) is 14.4 Å². The van der Waals surface area contributed by atoms with Crippen LogP contribution in [0, 0.1) is 0 Å². The molecular weight excluding hydrogens is 530 g/mol. The molecule has 215 valence electrons. The first-order chi connectivity index (χ1) is 17.0. The molecule has 0 unspecified atom stereocenters. The number of aliphatic hydroxyl groups excluding tert-OH is 3. The number of Topliss-reactive ketones (excluding diaryl/α,β-unsaturated/α-hetero) is 3. The van der Waals surface area contributed by atoms with E-state index >= 15 is 0 Å². The number of unbranched alkanes of at least 4 members (excludes halogenated alkanes) is 3. The summed E-state index contributed by atoms with van der Waals surface area (Å²) in [5.41, 5.74) is 0. The molecule has 0 aliphatic heterocycles. The minimum absolute atomic E-state index is 0. The van der Waals surface area contributed by atoms with Crippen LogP contribution < -0.4 is 0 Å². The van der Waals surface area contributed by atoms with Crippen molar-refractivity contribution in [2.24, 2.45) is 0 Å². The Balaban J connectivity index is -0.000000218. The van der Waals surface area contributed by atoms with Gasteiger partial charge in [0.2, 0.25) is 0 Å². The molecule has 12 nitrogen and oxygen atoms in total. The van der Waals surface area contributed by atoms with Crippen LogP contribution in [-0.4, -0.2) is 89.8 Å².